The lowest BCUT2D eigenvalue weighted by Crippen LogP contribution is -2.33. The van der Waals surface area contributed by atoms with Gasteiger partial charge < -0.3 is 10.1 Å². The van der Waals surface area contributed by atoms with Crippen molar-refractivity contribution in [2.24, 2.45) is 11.3 Å². The second-order valence-electron chi connectivity index (χ2n) is 5.55. The Morgan fingerprint density at radius 3 is 2.63 bits per heavy atom. The van der Waals surface area contributed by atoms with Crippen LogP contribution in [0.4, 0.5) is 4.39 Å². The monoisotopic (exact) mass is 265 g/mol. The van der Waals surface area contributed by atoms with Gasteiger partial charge in [0.05, 0.1) is 12.7 Å². The summed E-state index contributed by atoms with van der Waals surface area (Å²) in [6.45, 7) is 4.94. The van der Waals surface area contributed by atoms with Gasteiger partial charge in [0.15, 0.2) is 0 Å². The van der Waals surface area contributed by atoms with Crippen molar-refractivity contribution >= 4 is 5.91 Å². The summed E-state index contributed by atoms with van der Waals surface area (Å²) in [5.74, 6) is 0.0433. The Labute approximate surface area is 113 Å². The highest BCUT2D eigenvalue weighted by atomic mass is 19.1. The molecule has 1 N–H and O–H groups in total. The molecule has 1 saturated carbocycles. The highest BCUT2D eigenvalue weighted by Gasteiger charge is 2.45. The number of rotatable bonds is 5. The SMILES string of the molecule is COc1ccc(C(=O)NCC2(C(C)C)CC2)c(F)c1. The normalized spacial score (nSPS) is 16.3. The molecule has 0 heterocycles. The second kappa shape index (κ2) is 5.19. The van der Waals surface area contributed by atoms with Gasteiger partial charge in [-0.1, -0.05) is 13.8 Å². The van der Waals surface area contributed by atoms with Gasteiger partial charge in [0.1, 0.15) is 11.6 Å². The number of nitrogens with one attached hydrogen (secondary N) is 1. The van der Waals surface area contributed by atoms with Gasteiger partial charge in [-0.25, -0.2) is 4.39 Å². The van der Waals surface area contributed by atoms with Gasteiger partial charge in [-0.2, -0.15) is 0 Å². The van der Waals surface area contributed by atoms with Crippen LogP contribution in [0.2, 0.25) is 0 Å². The van der Waals surface area contributed by atoms with Gasteiger partial charge in [0.2, 0.25) is 0 Å². The quantitative estimate of drug-likeness (QED) is 0.888. The van der Waals surface area contributed by atoms with Crippen LogP contribution in [0.15, 0.2) is 18.2 Å². The van der Waals surface area contributed by atoms with E-state index in [-0.39, 0.29) is 16.9 Å². The molecule has 0 saturated heterocycles. The summed E-state index contributed by atoms with van der Waals surface area (Å²) in [6, 6.07) is 4.27. The number of carbonyl (C=O) groups excluding carboxylic acids is 1. The van der Waals surface area contributed by atoms with Crippen LogP contribution in [0.5, 0.6) is 5.75 Å². The number of amides is 1. The number of benzene rings is 1. The molecule has 0 aromatic heterocycles. The minimum atomic E-state index is -0.550. The minimum Gasteiger partial charge on any atom is -0.497 e. The summed E-state index contributed by atoms with van der Waals surface area (Å²) in [4.78, 5) is 12.0. The minimum absolute atomic E-state index is 0.0698. The fourth-order valence-corrected chi connectivity index (χ4v) is 2.28. The maximum Gasteiger partial charge on any atom is 0.254 e. The van der Waals surface area contributed by atoms with Crippen LogP contribution in [-0.4, -0.2) is 19.6 Å². The van der Waals surface area contributed by atoms with Crippen LogP contribution in [0.3, 0.4) is 0 Å². The fourth-order valence-electron chi connectivity index (χ4n) is 2.28. The number of hydrogen-bond donors (Lipinski definition) is 1. The molecule has 0 radical (unpaired) electrons. The van der Waals surface area contributed by atoms with Crippen molar-refractivity contribution in [2.75, 3.05) is 13.7 Å². The molecule has 1 aromatic carbocycles. The van der Waals surface area contributed by atoms with Crippen LogP contribution in [0.25, 0.3) is 0 Å². The van der Waals surface area contributed by atoms with Crippen molar-refractivity contribution in [3.05, 3.63) is 29.6 Å². The number of ether oxygens (including phenoxy) is 1. The van der Waals surface area contributed by atoms with E-state index in [1.807, 2.05) is 0 Å². The smallest absolute Gasteiger partial charge is 0.254 e. The number of methoxy groups -OCH3 is 1. The summed E-state index contributed by atoms with van der Waals surface area (Å²) < 4.78 is 18.7. The number of carbonyl (C=O) groups is 1. The second-order valence-corrected chi connectivity index (χ2v) is 5.55. The van der Waals surface area contributed by atoms with E-state index in [9.17, 15) is 9.18 Å². The van der Waals surface area contributed by atoms with Crippen molar-refractivity contribution in [2.45, 2.75) is 26.7 Å². The Bertz CT molecular complexity index is 481. The predicted molar refractivity (Wildman–Crippen MR) is 71.8 cm³/mol. The summed E-state index contributed by atoms with van der Waals surface area (Å²) in [7, 11) is 1.47. The molecule has 2 rings (SSSR count). The first-order valence-corrected chi connectivity index (χ1v) is 6.60. The molecule has 1 aliphatic carbocycles. The molecule has 1 fully saturated rings. The summed E-state index contributed by atoms with van der Waals surface area (Å²) in [5.41, 5.74) is 0.291. The molecular weight excluding hydrogens is 245 g/mol. The first-order chi connectivity index (χ1) is 8.98. The van der Waals surface area contributed by atoms with E-state index in [0.717, 1.165) is 12.8 Å². The zero-order valence-corrected chi connectivity index (χ0v) is 11.6. The third kappa shape index (κ3) is 2.88. The zero-order valence-electron chi connectivity index (χ0n) is 11.6. The van der Waals surface area contributed by atoms with Crippen LogP contribution >= 0.6 is 0 Å². The highest BCUT2D eigenvalue weighted by Crippen LogP contribution is 2.51. The summed E-state index contributed by atoms with van der Waals surface area (Å²) >= 11 is 0. The van der Waals surface area contributed by atoms with E-state index < -0.39 is 5.82 Å². The number of hydrogen-bond acceptors (Lipinski definition) is 2. The molecule has 0 unspecified atom stereocenters. The van der Waals surface area contributed by atoms with Crippen molar-refractivity contribution in [1.82, 2.24) is 5.32 Å². The van der Waals surface area contributed by atoms with Crippen molar-refractivity contribution in [3.8, 4) is 5.75 Å². The van der Waals surface area contributed by atoms with Crippen LogP contribution in [0, 0.1) is 17.2 Å². The Morgan fingerprint density at radius 1 is 1.47 bits per heavy atom. The van der Waals surface area contributed by atoms with E-state index in [1.165, 1.54) is 19.2 Å². The van der Waals surface area contributed by atoms with Gasteiger partial charge in [0.25, 0.3) is 5.91 Å². The average molecular weight is 265 g/mol. The molecule has 0 aliphatic heterocycles. The van der Waals surface area contributed by atoms with E-state index in [4.69, 9.17) is 4.74 Å². The summed E-state index contributed by atoms with van der Waals surface area (Å²) in [5, 5.41) is 2.84. The van der Waals surface area contributed by atoms with Gasteiger partial charge in [0, 0.05) is 12.6 Å². The molecule has 0 atom stereocenters. The van der Waals surface area contributed by atoms with E-state index in [2.05, 4.69) is 19.2 Å². The Kier molecular flexibility index (Phi) is 3.78. The van der Waals surface area contributed by atoms with Crippen molar-refractivity contribution < 1.29 is 13.9 Å². The maximum absolute atomic E-state index is 13.7. The third-order valence-corrected chi connectivity index (χ3v) is 4.14. The van der Waals surface area contributed by atoms with Crippen molar-refractivity contribution in [3.63, 3.8) is 0 Å². The first kappa shape index (κ1) is 13.8. The van der Waals surface area contributed by atoms with Gasteiger partial charge in [-0.15, -0.1) is 0 Å². The highest BCUT2D eigenvalue weighted by molar-refractivity contribution is 5.94. The van der Waals surface area contributed by atoms with Gasteiger partial charge >= 0.3 is 0 Å². The first-order valence-electron chi connectivity index (χ1n) is 6.60. The largest absolute Gasteiger partial charge is 0.497 e. The molecule has 1 aliphatic rings. The molecule has 0 spiro atoms. The Hall–Kier alpha value is -1.58. The molecule has 19 heavy (non-hydrogen) atoms. The van der Waals surface area contributed by atoms with E-state index in [1.54, 1.807) is 6.07 Å². The molecule has 1 amide bonds. The molecule has 4 heteroatoms. The lowest BCUT2D eigenvalue weighted by atomic mass is 9.92. The van der Waals surface area contributed by atoms with Crippen LogP contribution in [-0.2, 0) is 0 Å². The number of halogens is 1. The predicted octanol–water partition coefficient (Wildman–Crippen LogP) is 3.00. The van der Waals surface area contributed by atoms with Crippen LogP contribution < -0.4 is 10.1 Å². The Morgan fingerprint density at radius 2 is 2.16 bits per heavy atom. The van der Waals surface area contributed by atoms with Crippen LogP contribution in [0.1, 0.15) is 37.0 Å². The molecule has 3 nitrogen and oxygen atoms in total. The molecule has 1 aromatic rings. The zero-order chi connectivity index (χ0) is 14.0. The lowest BCUT2D eigenvalue weighted by molar-refractivity contribution is 0.0935. The van der Waals surface area contributed by atoms with E-state index in [0.29, 0.717) is 18.2 Å². The van der Waals surface area contributed by atoms with Crippen molar-refractivity contribution in [1.29, 1.82) is 0 Å². The topological polar surface area (TPSA) is 38.3 Å². The fraction of sp³-hybridized carbons (Fsp3) is 0.533. The summed E-state index contributed by atoms with van der Waals surface area (Å²) in [6.07, 6.45) is 2.27. The molecule has 104 valence electrons. The lowest BCUT2D eigenvalue weighted by Gasteiger charge is -2.20. The average Bonchev–Trinajstić information content (AvgIpc) is 3.17. The third-order valence-electron chi connectivity index (χ3n) is 4.14. The molecular formula is C15H20FNO2. The maximum atomic E-state index is 13.7. The molecule has 0 bridgehead atoms. The Balaban J connectivity index is 2.00. The standard InChI is InChI=1S/C15H20FNO2/c1-10(2)15(6-7-15)9-17-14(18)12-5-4-11(19-3)8-13(12)16/h4-5,8,10H,6-7,9H2,1-3H3,(H,17,18). The van der Waals surface area contributed by atoms with E-state index >= 15 is 0 Å². The van der Waals surface area contributed by atoms with Gasteiger partial charge in [-0.3, -0.25) is 4.79 Å². The van der Waals surface area contributed by atoms with Gasteiger partial charge in [-0.05, 0) is 36.3 Å².